The minimum atomic E-state index is -0.511. The molecule has 2 aromatic carbocycles. The molecule has 2 heterocycles. The van der Waals surface area contributed by atoms with Crippen LogP contribution in [0.25, 0.3) is 33.2 Å². The Hall–Kier alpha value is -3.47. The highest BCUT2D eigenvalue weighted by molar-refractivity contribution is 7.19. The zero-order valence-corrected chi connectivity index (χ0v) is 15.7. The zero-order valence-electron chi connectivity index (χ0n) is 14.1. The van der Waals surface area contributed by atoms with Crippen molar-refractivity contribution in [1.82, 2.24) is 4.98 Å². The van der Waals surface area contributed by atoms with E-state index in [2.05, 4.69) is 11.1 Å². The second-order valence-electron chi connectivity index (χ2n) is 5.78. The maximum absolute atomic E-state index is 10.8. The number of nitrogens with zero attached hydrogens (tertiary/aromatic N) is 3. The molecule has 0 saturated heterocycles. The third-order valence-electron chi connectivity index (χ3n) is 3.99. The molecule has 0 unspecified atom stereocenters. The number of allylic oxidation sites excluding steroid dienone is 1. The van der Waals surface area contributed by atoms with E-state index in [1.54, 1.807) is 18.2 Å². The lowest BCUT2D eigenvalue weighted by molar-refractivity contribution is -0.384. The van der Waals surface area contributed by atoms with Crippen molar-refractivity contribution in [1.29, 1.82) is 5.26 Å². The number of aromatic nitrogens is 1. The minimum absolute atomic E-state index is 0.0944. The number of non-ortho nitro benzene ring substituents is 1. The summed E-state index contributed by atoms with van der Waals surface area (Å²) in [6.45, 7) is 0. The number of nitro benzene ring substituents is 1. The number of fused-ring (bicyclic) bond motifs is 1. The number of thiazole rings is 1. The van der Waals surface area contributed by atoms with Crippen molar-refractivity contribution in [3.05, 3.63) is 80.5 Å². The van der Waals surface area contributed by atoms with Crippen molar-refractivity contribution >= 4 is 50.5 Å². The van der Waals surface area contributed by atoms with Gasteiger partial charge in [-0.05, 0) is 30.3 Å². The minimum Gasteiger partial charge on any atom is -0.457 e. The predicted molar refractivity (Wildman–Crippen MR) is 109 cm³/mol. The van der Waals surface area contributed by atoms with E-state index in [0.29, 0.717) is 27.7 Å². The Labute approximate surface area is 168 Å². The Morgan fingerprint density at radius 2 is 2.07 bits per heavy atom. The molecule has 136 valence electrons. The molecule has 0 saturated carbocycles. The summed E-state index contributed by atoms with van der Waals surface area (Å²) < 4.78 is 6.77. The van der Waals surface area contributed by atoms with Crippen molar-refractivity contribution in [2.45, 2.75) is 0 Å². The largest absolute Gasteiger partial charge is 0.457 e. The second kappa shape index (κ2) is 7.27. The molecule has 0 aliphatic heterocycles. The van der Waals surface area contributed by atoms with Gasteiger partial charge in [0, 0.05) is 23.8 Å². The fourth-order valence-corrected chi connectivity index (χ4v) is 3.86. The maximum Gasteiger partial charge on any atom is 0.270 e. The van der Waals surface area contributed by atoms with Gasteiger partial charge in [-0.1, -0.05) is 23.7 Å². The maximum atomic E-state index is 10.8. The highest BCUT2D eigenvalue weighted by Crippen LogP contribution is 2.33. The van der Waals surface area contributed by atoms with Crippen molar-refractivity contribution in [3.63, 3.8) is 0 Å². The van der Waals surface area contributed by atoms with Crippen LogP contribution < -0.4 is 0 Å². The third-order valence-corrected chi connectivity index (χ3v) is 5.37. The van der Waals surface area contributed by atoms with Crippen LogP contribution in [0.2, 0.25) is 5.02 Å². The molecule has 0 N–H and O–H groups in total. The van der Waals surface area contributed by atoms with E-state index in [0.717, 1.165) is 10.2 Å². The molecule has 0 radical (unpaired) electrons. The molecule has 2 aromatic heterocycles. The van der Waals surface area contributed by atoms with Gasteiger partial charge in [-0.2, -0.15) is 5.26 Å². The first-order valence-corrected chi connectivity index (χ1v) is 9.26. The van der Waals surface area contributed by atoms with Gasteiger partial charge in [0.05, 0.1) is 25.7 Å². The highest BCUT2D eigenvalue weighted by Gasteiger charge is 2.14. The number of benzene rings is 2. The first-order valence-electron chi connectivity index (χ1n) is 8.07. The van der Waals surface area contributed by atoms with E-state index in [-0.39, 0.29) is 10.7 Å². The van der Waals surface area contributed by atoms with E-state index in [4.69, 9.17) is 16.0 Å². The van der Waals surface area contributed by atoms with Gasteiger partial charge in [0.15, 0.2) is 0 Å². The van der Waals surface area contributed by atoms with Crippen LogP contribution in [-0.2, 0) is 0 Å². The number of para-hydroxylation sites is 1. The molecular formula is C20H10ClN3O3S. The Morgan fingerprint density at radius 3 is 2.79 bits per heavy atom. The second-order valence-corrected chi connectivity index (χ2v) is 7.22. The molecule has 6 nitrogen and oxygen atoms in total. The molecule has 28 heavy (non-hydrogen) atoms. The Kier molecular flexibility index (Phi) is 4.65. The Morgan fingerprint density at radius 1 is 1.25 bits per heavy atom. The SMILES string of the molecule is N#CC(=Cc1ccc(-c2ccc([N+](=O)[O-])cc2Cl)o1)c1nc2ccccc2s1. The zero-order chi connectivity index (χ0) is 19.7. The number of halogens is 1. The van der Waals surface area contributed by atoms with Crippen LogP contribution >= 0.6 is 22.9 Å². The summed E-state index contributed by atoms with van der Waals surface area (Å²) >= 11 is 7.58. The van der Waals surface area contributed by atoms with Crippen LogP contribution in [-0.4, -0.2) is 9.91 Å². The first kappa shape index (κ1) is 17.9. The summed E-state index contributed by atoms with van der Waals surface area (Å²) in [7, 11) is 0. The summed E-state index contributed by atoms with van der Waals surface area (Å²) in [4.78, 5) is 14.8. The number of rotatable bonds is 4. The van der Waals surface area contributed by atoms with Gasteiger partial charge in [-0.25, -0.2) is 4.98 Å². The molecule has 0 bridgehead atoms. The molecule has 8 heteroatoms. The van der Waals surface area contributed by atoms with Crippen LogP contribution in [0.4, 0.5) is 5.69 Å². The van der Waals surface area contributed by atoms with E-state index < -0.39 is 4.92 Å². The van der Waals surface area contributed by atoms with Gasteiger partial charge in [0.1, 0.15) is 22.6 Å². The Bertz CT molecular complexity index is 1250. The standard InChI is InChI=1S/C20H10ClN3O3S/c21-16-10-13(24(25)26)5-7-15(16)18-8-6-14(27-18)9-12(11-22)20-23-17-3-1-2-4-19(17)28-20/h1-10H. The van der Waals surface area contributed by atoms with Crippen LogP contribution in [0.1, 0.15) is 10.8 Å². The summed E-state index contributed by atoms with van der Waals surface area (Å²) in [6.07, 6.45) is 1.61. The summed E-state index contributed by atoms with van der Waals surface area (Å²) in [5, 5.41) is 21.2. The highest BCUT2D eigenvalue weighted by atomic mass is 35.5. The first-order chi connectivity index (χ1) is 13.5. The van der Waals surface area contributed by atoms with Crippen molar-refractivity contribution in [3.8, 4) is 17.4 Å². The Balaban J connectivity index is 1.68. The van der Waals surface area contributed by atoms with Gasteiger partial charge in [0.2, 0.25) is 0 Å². The fraction of sp³-hybridized carbons (Fsp3) is 0. The van der Waals surface area contributed by atoms with Crippen molar-refractivity contribution < 1.29 is 9.34 Å². The molecule has 0 aliphatic carbocycles. The van der Waals surface area contributed by atoms with E-state index >= 15 is 0 Å². The van der Waals surface area contributed by atoms with Gasteiger partial charge < -0.3 is 4.42 Å². The van der Waals surface area contributed by atoms with Crippen LogP contribution in [0.5, 0.6) is 0 Å². The monoisotopic (exact) mass is 407 g/mol. The molecule has 4 rings (SSSR count). The lowest BCUT2D eigenvalue weighted by Gasteiger charge is -2.00. The summed E-state index contributed by atoms with van der Waals surface area (Å²) in [6, 6.07) is 17.4. The topological polar surface area (TPSA) is 93.0 Å². The quantitative estimate of drug-likeness (QED) is 0.228. The van der Waals surface area contributed by atoms with E-state index in [1.807, 2.05) is 24.3 Å². The molecule has 0 atom stereocenters. The van der Waals surface area contributed by atoms with Gasteiger partial charge in [-0.3, -0.25) is 10.1 Å². The number of nitro groups is 1. The molecule has 0 amide bonds. The lowest BCUT2D eigenvalue weighted by Crippen LogP contribution is -1.88. The lowest BCUT2D eigenvalue weighted by atomic mass is 10.1. The van der Waals surface area contributed by atoms with Gasteiger partial charge in [-0.15, -0.1) is 11.3 Å². The van der Waals surface area contributed by atoms with Gasteiger partial charge in [0.25, 0.3) is 5.69 Å². The number of hydrogen-bond acceptors (Lipinski definition) is 6. The number of hydrogen-bond donors (Lipinski definition) is 0. The molecule has 0 fully saturated rings. The van der Waals surface area contributed by atoms with E-state index in [1.165, 1.54) is 29.5 Å². The molecule has 0 spiro atoms. The van der Waals surface area contributed by atoms with Crippen molar-refractivity contribution in [2.24, 2.45) is 0 Å². The summed E-state index contributed by atoms with van der Waals surface area (Å²) in [5.41, 5.74) is 1.66. The van der Waals surface area contributed by atoms with Crippen LogP contribution in [0, 0.1) is 21.4 Å². The molecule has 0 aliphatic rings. The van der Waals surface area contributed by atoms with Crippen molar-refractivity contribution in [2.75, 3.05) is 0 Å². The van der Waals surface area contributed by atoms with Crippen LogP contribution in [0.3, 0.4) is 0 Å². The average molecular weight is 408 g/mol. The van der Waals surface area contributed by atoms with Gasteiger partial charge >= 0.3 is 0 Å². The number of furan rings is 1. The smallest absolute Gasteiger partial charge is 0.270 e. The molecular weight excluding hydrogens is 398 g/mol. The average Bonchev–Trinajstić information content (AvgIpc) is 3.32. The van der Waals surface area contributed by atoms with E-state index in [9.17, 15) is 15.4 Å². The normalized spacial score (nSPS) is 11.5. The summed E-state index contributed by atoms with van der Waals surface area (Å²) in [5.74, 6) is 0.910. The number of nitriles is 1. The molecule has 4 aromatic rings. The van der Waals surface area contributed by atoms with Crippen LogP contribution in [0.15, 0.2) is 59.0 Å². The third kappa shape index (κ3) is 3.39. The predicted octanol–water partition coefficient (Wildman–Crippen LogP) is 6.18. The fourth-order valence-electron chi connectivity index (χ4n) is 2.66.